The van der Waals surface area contributed by atoms with Gasteiger partial charge in [-0.2, -0.15) is 0 Å². The van der Waals surface area contributed by atoms with Crippen LogP contribution in [0.5, 0.6) is 11.5 Å². The lowest BCUT2D eigenvalue weighted by molar-refractivity contribution is -0.118. The second-order valence-corrected chi connectivity index (χ2v) is 9.93. The summed E-state index contributed by atoms with van der Waals surface area (Å²) in [5.74, 6) is 0.447. The number of aliphatic hydroxyl groups excluding tert-OH is 3. The first-order valence-corrected chi connectivity index (χ1v) is 12.7. The first-order valence-electron chi connectivity index (χ1n) is 10.9. The molecule has 0 heterocycles. The Kier molecular flexibility index (Phi) is 10.5. The van der Waals surface area contributed by atoms with Gasteiger partial charge in [0.05, 0.1) is 33.9 Å². The molecule has 8 nitrogen and oxygen atoms in total. The summed E-state index contributed by atoms with van der Waals surface area (Å²) < 4.78 is 12.3. The summed E-state index contributed by atoms with van der Waals surface area (Å²) in [5, 5.41) is 36.5. The Balaban J connectivity index is 1.86. The van der Waals surface area contributed by atoms with Crippen LogP contribution in [-0.2, 0) is 17.9 Å². The van der Waals surface area contributed by atoms with Crippen molar-refractivity contribution in [2.24, 2.45) is 0 Å². The molecular weight excluding hydrogens is 610 g/mol. The number of rotatable bonds is 10. The highest BCUT2D eigenvalue weighted by atomic mass is 127. The summed E-state index contributed by atoms with van der Waals surface area (Å²) in [7, 11) is 1.49. The third-order valence-corrected chi connectivity index (χ3v) is 7.06. The molecule has 3 atom stereocenters. The van der Waals surface area contributed by atoms with Crippen molar-refractivity contribution in [2.45, 2.75) is 37.8 Å². The zero-order chi connectivity index (χ0) is 25.5. The van der Waals surface area contributed by atoms with E-state index in [-0.39, 0.29) is 32.1 Å². The van der Waals surface area contributed by atoms with Crippen molar-refractivity contribution in [3.8, 4) is 11.5 Å². The average Bonchev–Trinajstić information content (AvgIpc) is 2.85. The average molecular weight is 637 g/mol. The second kappa shape index (κ2) is 13.1. The Morgan fingerprint density at radius 2 is 1.94 bits per heavy atom. The summed E-state index contributed by atoms with van der Waals surface area (Å²) in [6, 6.07) is 8.15. The molecule has 0 radical (unpaired) electrons. The zero-order valence-corrected chi connectivity index (χ0v) is 22.6. The Labute approximate surface area is 227 Å². The number of hydrogen-bond acceptors (Lipinski definition) is 7. The normalized spacial score (nSPS) is 19.7. The molecule has 0 bridgehead atoms. The largest absolute Gasteiger partial charge is 0.493 e. The van der Waals surface area contributed by atoms with Crippen LogP contribution in [-0.4, -0.2) is 59.7 Å². The fourth-order valence-corrected chi connectivity index (χ4v) is 4.83. The minimum Gasteiger partial charge on any atom is -0.493 e. The molecule has 0 aromatic heterocycles. The Bertz CT molecular complexity index is 1080. The lowest BCUT2D eigenvalue weighted by Gasteiger charge is -2.34. The van der Waals surface area contributed by atoms with Crippen LogP contribution >= 0.6 is 45.8 Å². The number of nitrogens with one attached hydrogen (secondary N) is 2. The zero-order valence-electron chi connectivity index (χ0n) is 18.9. The van der Waals surface area contributed by atoms with Gasteiger partial charge in [-0.25, -0.2) is 0 Å². The summed E-state index contributed by atoms with van der Waals surface area (Å²) in [5.41, 5.74) is 1.94. The summed E-state index contributed by atoms with van der Waals surface area (Å²) >= 11 is 14.2. The maximum atomic E-state index is 12.7. The molecule has 1 aliphatic rings. The van der Waals surface area contributed by atoms with E-state index in [1.807, 2.05) is 6.07 Å². The van der Waals surface area contributed by atoms with Crippen molar-refractivity contribution in [1.29, 1.82) is 0 Å². The van der Waals surface area contributed by atoms with E-state index in [1.165, 1.54) is 7.11 Å². The van der Waals surface area contributed by atoms with Gasteiger partial charge in [0.25, 0.3) is 0 Å². The van der Waals surface area contributed by atoms with Crippen molar-refractivity contribution >= 4 is 51.7 Å². The fourth-order valence-electron chi connectivity index (χ4n) is 3.71. The van der Waals surface area contributed by atoms with Crippen molar-refractivity contribution in [3.63, 3.8) is 0 Å². The summed E-state index contributed by atoms with van der Waals surface area (Å²) in [4.78, 5) is 12.7. The number of carbonyl (C=O) groups excluding carboxylic acids is 1. The molecule has 0 aliphatic heterocycles. The second-order valence-electron chi connectivity index (χ2n) is 7.95. The standard InChI is InChI=1S/C24H27Cl2IN2O6/c1-34-21-8-14(12-31)7-18(27)23(21)35-20-10-15(24(33)28-4-5-30)9-19(22(20)32)29-11-13-2-3-16(25)17(26)6-13/h2-3,6-8,10,19-20,22,29-32H,4-5,9,11-12H2,1H3,(H,28,33). The van der Waals surface area contributed by atoms with E-state index < -0.39 is 18.2 Å². The molecule has 2 aromatic carbocycles. The molecule has 3 unspecified atom stereocenters. The lowest BCUT2D eigenvalue weighted by Crippen LogP contribution is -2.51. The molecule has 1 amide bonds. The molecule has 0 fully saturated rings. The van der Waals surface area contributed by atoms with Gasteiger partial charge in [0.2, 0.25) is 5.91 Å². The van der Waals surface area contributed by atoms with Gasteiger partial charge < -0.3 is 35.4 Å². The van der Waals surface area contributed by atoms with Crippen molar-refractivity contribution < 1.29 is 29.6 Å². The Hall–Kier alpha value is -1.60. The molecule has 0 spiro atoms. The third kappa shape index (κ3) is 7.22. The number of benzene rings is 2. The summed E-state index contributed by atoms with van der Waals surface area (Å²) in [6.45, 7) is 0.143. The highest BCUT2D eigenvalue weighted by Gasteiger charge is 2.36. The molecule has 5 N–H and O–H groups in total. The third-order valence-electron chi connectivity index (χ3n) is 5.52. The van der Waals surface area contributed by atoms with E-state index in [0.717, 1.165) is 5.56 Å². The summed E-state index contributed by atoms with van der Waals surface area (Å²) in [6.07, 6.45) is -0.0286. The number of ether oxygens (including phenoxy) is 2. The van der Waals surface area contributed by atoms with Crippen LogP contribution in [0, 0.1) is 3.57 Å². The first-order chi connectivity index (χ1) is 16.8. The van der Waals surface area contributed by atoms with Crippen LogP contribution in [0.4, 0.5) is 0 Å². The smallest absolute Gasteiger partial charge is 0.247 e. The van der Waals surface area contributed by atoms with E-state index in [4.69, 9.17) is 37.8 Å². The molecule has 35 heavy (non-hydrogen) atoms. The number of aliphatic hydroxyl groups is 3. The Morgan fingerprint density at radius 1 is 1.17 bits per heavy atom. The highest BCUT2D eigenvalue weighted by Crippen LogP contribution is 2.36. The van der Waals surface area contributed by atoms with Crippen LogP contribution in [0.3, 0.4) is 0 Å². The molecule has 1 aliphatic carbocycles. The minimum atomic E-state index is -0.995. The molecule has 2 aromatic rings. The van der Waals surface area contributed by atoms with E-state index in [2.05, 4.69) is 33.2 Å². The molecule has 190 valence electrons. The maximum absolute atomic E-state index is 12.7. The van der Waals surface area contributed by atoms with Gasteiger partial charge in [-0.15, -0.1) is 0 Å². The van der Waals surface area contributed by atoms with Gasteiger partial charge in [0.15, 0.2) is 11.5 Å². The Morgan fingerprint density at radius 3 is 2.60 bits per heavy atom. The van der Waals surface area contributed by atoms with Crippen molar-refractivity contribution in [3.05, 3.63) is 66.7 Å². The predicted molar refractivity (Wildman–Crippen MR) is 142 cm³/mol. The molecule has 3 rings (SSSR count). The number of methoxy groups -OCH3 is 1. The quantitative estimate of drug-likeness (QED) is 0.255. The monoisotopic (exact) mass is 636 g/mol. The van der Waals surface area contributed by atoms with E-state index >= 15 is 0 Å². The van der Waals surface area contributed by atoms with E-state index in [1.54, 1.807) is 30.3 Å². The van der Waals surface area contributed by atoms with Gasteiger partial charge in [0.1, 0.15) is 12.2 Å². The number of carbonyl (C=O) groups is 1. The van der Waals surface area contributed by atoms with Crippen LogP contribution < -0.4 is 20.1 Å². The molecular formula is C24H27Cl2IN2O6. The van der Waals surface area contributed by atoms with Gasteiger partial charge >= 0.3 is 0 Å². The molecule has 0 saturated heterocycles. The van der Waals surface area contributed by atoms with Crippen molar-refractivity contribution in [1.82, 2.24) is 10.6 Å². The molecule has 11 heteroatoms. The van der Waals surface area contributed by atoms with Crippen LogP contribution in [0.1, 0.15) is 17.5 Å². The van der Waals surface area contributed by atoms with Gasteiger partial charge in [-0.3, -0.25) is 4.79 Å². The topological polar surface area (TPSA) is 120 Å². The molecule has 0 saturated carbocycles. The van der Waals surface area contributed by atoms with Gasteiger partial charge in [0, 0.05) is 24.7 Å². The fraction of sp³-hybridized carbons (Fsp3) is 0.375. The van der Waals surface area contributed by atoms with E-state index in [9.17, 15) is 15.0 Å². The predicted octanol–water partition coefficient (Wildman–Crippen LogP) is 2.80. The number of amides is 1. The number of hydrogen-bond donors (Lipinski definition) is 5. The SMILES string of the molecule is COc1cc(CO)cc(I)c1OC1C=C(C(=O)NCCO)CC(NCc2ccc(Cl)c(Cl)c2)C1O. The first kappa shape index (κ1) is 28.0. The lowest BCUT2D eigenvalue weighted by atomic mass is 9.89. The number of halogens is 3. The maximum Gasteiger partial charge on any atom is 0.247 e. The van der Waals surface area contributed by atoms with Crippen molar-refractivity contribution in [2.75, 3.05) is 20.3 Å². The van der Waals surface area contributed by atoms with E-state index in [0.29, 0.717) is 42.8 Å². The minimum absolute atomic E-state index is 0.111. The van der Waals surface area contributed by atoms with Crippen LogP contribution in [0.25, 0.3) is 0 Å². The van der Waals surface area contributed by atoms with Crippen LogP contribution in [0.15, 0.2) is 42.0 Å². The van der Waals surface area contributed by atoms with Gasteiger partial charge in [-0.1, -0.05) is 29.3 Å². The van der Waals surface area contributed by atoms with Gasteiger partial charge in [-0.05, 0) is 70.5 Å². The van der Waals surface area contributed by atoms with Crippen LogP contribution in [0.2, 0.25) is 10.0 Å². The highest BCUT2D eigenvalue weighted by molar-refractivity contribution is 14.1.